The highest BCUT2D eigenvalue weighted by molar-refractivity contribution is 5.91. The fourth-order valence-corrected chi connectivity index (χ4v) is 2.70. The molecule has 6 nitrogen and oxygen atoms in total. The van der Waals surface area contributed by atoms with Crippen LogP contribution in [0.4, 0.5) is 24.8 Å². The minimum Gasteiger partial charge on any atom is -0.330 e. The number of nitrogens with zero attached hydrogens (tertiary/aromatic N) is 3. The summed E-state index contributed by atoms with van der Waals surface area (Å²) in [4.78, 5) is 23.4. The highest BCUT2D eigenvalue weighted by Gasteiger charge is 2.24. The first-order valence-corrected chi connectivity index (χ1v) is 7.83. The number of rotatable bonds is 4. The Balaban J connectivity index is 1.52. The molecule has 0 aliphatic carbocycles. The number of benzene rings is 1. The van der Waals surface area contributed by atoms with Crippen molar-refractivity contribution in [3.8, 4) is 0 Å². The van der Waals surface area contributed by atoms with Crippen molar-refractivity contribution in [2.45, 2.75) is 0 Å². The maximum atomic E-state index is 13.6. The molecule has 3 rings (SSSR count). The third-order valence-corrected chi connectivity index (χ3v) is 4.03. The quantitative estimate of drug-likeness (QED) is 0.774. The van der Waals surface area contributed by atoms with Gasteiger partial charge in [-0.3, -0.25) is 4.79 Å². The van der Waals surface area contributed by atoms with E-state index in [0.29, 0.717) is 32.1 Å². The highest BCUT2D eigenvalue weighted by atomic mass is 19.2. The Morgan fingerprint density at radius 2 is 1.80 bits per heavy atom. The summed E-state index contributed by atoms with van der Waals surface area (Å²) in [6.07, 6.45) is 3.34. The Morgan fingerprint density at radius 1 is 1.12 bits per heavy atom. The van der Waals surface area contributed by atoms with Crippen LogP contribution >= 0.6 is 0 Å². The van der Waals surface area contributed by atoms with Crippen molar-refractivity contribution >= 4 is 17.5 Å². The molecule has 1 aliphatic heterocycles. The van der Waals surface area contributed by atoms with Crippen LogP contribution in [-0.4, -0.2) is 48.6 Å². The summed E-state index contributed by atoms with van der Waals surface area (Å²) in [5, 5.41) is 2.29. The van der Waals surface area contributed by atoms with Crippen molar-refractivity contribution in [3.05, 3.63) is 48.0 Å². The zero-order valence-electron chi connectivity index (χ0n) is 13.3. The third-order valence-electron chi connectivity index (χ3n) is 4.03. The van der Waals surface area contributed by atoms with Gasteiger partial charge in [-0.15, -0.1) is 0 Å². The molecule has 0 spiro atoms. The first kappa shape index (κ1) is 17.2. The Labute approximate surface area is 142 Å². The predicted molar refractivity (Wildman–Crippen MR) is 84.8 cm³/mol. The molecule has 2 heterocycles. The molecule has 1 aromatic heterocycles. The SMILES string of the molecule is O=C(C[NH+]1CCN(c2ncccn2)CC1)Nc1ccc(F)c(F)c1F. The molecule has 0 atom stereocenters. The summed E-state index contributed by atoms with van der Waals surface area (Å²) in [5.41, 5.74) is -0.361. The molecule has 132 valence electrons. The monoisotopic (exact) mass is 352 g/mol. The maximum Gasteiger partial charge on any atom is 0.279 e. The number of quaternary nitrogens is 1. The topological polar surface area (TPSA) is 62.6 Å². The lowest BCUT2D eigenvalue weighted by molar-refractivity contribution is -0.892. The van der Waals surface area contributed by atoms with E-state index in [1.165, 1.54) is 0 Å². The number of carbonyl (C=O) groups is 1. The van der Waals surface area contributed by atoms with Crippen LogP contribution in [0.15, 0.2) is 30.6 Å². The minimum atomic E-state index is -1.60. The Kier molecular flexibility index (Phi) is 5.13. The zero-order valence-corrected chi connectivity index (χ0v) is 13.3. The number of piperazine rings is 1. The van der Waals surface area contributed by atoms with Gasteiger partial charge in [-0.1, -0.05) is 0 Å². The van der Waals surface area contributed by atoms with Crippen LogP contribution in [0.5, 0.6) is 0 Å². The molecular weight excluding hydrogens is 335 g/mol. The summed E-state index contributed by atoms with van der Waals surface area (Å²) in [6, 6.07) is 3.53. The van der Waals surface area contributed by atoms with Crippen molar-refractivity contribution in [2.24, 2.45) is 0 Å². The van der Waals surface area contributed by atoms with E-state index >= 15 is 0 Å². The van der Waals surface area contributed by atoms with Crippen molar-refractivity contribution in [3.63, 3.8) is 0 Å². The minimum absolute atomic E-state index is 0.113. The van der Waals surface area contributed by atoms with E-state index in [4.69, 9.17) is 0 Å². The van der Waals surface area contributed by atoms with Crippen LogP contribution < -0.4 is 15.1 Å². The first-order chi connectivity index (χ1) is 12.0. The Hall–Kier alpha value is -2.68. The number of halogens is 3. The van der Waals surface area contributed by atoms with E-state index in [1.54, 1.807) is 18.5 Å². The summed E-state index contributed by atoms with van der Waals surface area (Å²) in [5.74, 6) is -4.09. The molecular formula is C16H17F3N5O+. The van der Waals surface area contributed by atoms with Crippen LogP contribution in [0.1, 0.15) is 0 Å². The van der Waals surface area contributed by atoms with Gasteiger partial charge in [0.25, 0.3) is 5.91 Å². The van der Waals surface area contributed by atoms with Gasteiger partial charge in [0.2, 0.25) is 5.95 Å². The first-order valence-electron chi connectivity index (χ1n) is 7.83. The van der Waals surface area contributed by atoms with E-state index < -0.39 is 23.4 Å². The summed E-state index contributed by atoms with van der Waals surface area (Å²) < 4.78 is 39.7. The van der Waals surface area contributed by atoms with Crippen LogP contribution in [0.2, 0.25) is 0 Å². The van der Waals surface area contributed by atoms with E-state index in [9.17, 15) is 18.0 Å². The zero-order chi connectivity index (χ0) is 17.8. The van der Waals surface area contributed by atoms with Crippen molar-refractivity contribution in [1.82, 2.24) is 9.97 Å². The molecule has 1 saturated heterocycles. The molecule has 2 aromatic rings. The molecule has 0 radical (unpaired) electrons. The van der Waals surface area contributed by atoms with Crippen molar-refractivity contribution in [2.75, 3.05) is 42.9 Å². The molecule has 1 amide bonds. The number of anilines is 2. The van der Waals surface area contributed by atoms with Gasteiger partial charge in [0.15, 0.2) is 24.0 Å². The second-order valence-electron chi connectivity index (χ2n) is 5.73. The van der Waals surface area contributed by atoms with Crippen LogP contribution in [0, 0.1) is 17.5 Å². The van der Waals surface area contributed by atoms with E-state index in [1.807, 2.05) is 4.90 Å². The number of hydrogen-bond donors (Lipinski definition) is 2. The lowest BCUT2D eigenvalue weighted by Gasteiger charge is -2.31. The lowest BCUT2D eigenvalue weighted by atomic mass is 10.2. The van der Waals surface area contributed by atoms with Crippen LogP contribution in [-0.2, 0) is 4.79 Å². The number of carbonyl (C=O) groups excluding carboxylic acids is 1. The van der Waals surface area contributed by atoms with E-state index in [-0.39, 0.29) is 12.2 Å². The summed E-state index contributed by atoms with van der Waals surface area (Å²) in [7, 11) is 0. The highest BCUT2D eigenvalue weighted by Crippen LogP contribution is 2.19. The van der Waals surface area contributed by atoms with Gasteiger partial charge >= 0.3 is 0 Å². The normalized spacial score (nSPS) is 15.2. The average Bonchev–Trinajstić information content (AvgIpc) is 2.63. The summed E-state index contributed by atoms with van der Waals surface area (Å²) >= 11 is 0. The summed E-state index contributed by atoms with van der Waals surface area (Å²) in [6.45, 7) is 2.86. The number of nitrogens with one attached hydrogen (secondary N) is 2. The van der Waals surface area contributed by atoms with Gasteiger partial charge < -0.3 is 15.1 Å². The molecule has 9 heteroatoms. The van der Waals surface area contributed by atoms with Gasteiger partial charge in [-0.2, -0.15) is 0 Å². The lowest BCUT2D eigenvalue weighted by Crippen LogP contribution is -3.15. The van der Waals surface area contributed by atoms with Gasteiger partial charge in [-0.25, -0.2) is 23.1 Å². The molecule has 2 N–H and O–H groups in total. The molecule has 1 aromatic carbocycles. The second-order valence-corrected chi connectivity index (χ2v) is 5.73. The van der Waals surface area contributed by atoms with Crippen molar-refractivity contribution < 1.29 is 22.9 Å². The Morgan fingerprint density at radius 3 is 2.48 bits per heavy atom. The number of hydrogen-bond acceptors (Lipinski definition) is 4. The Bertz CT molecular complexity index is 751. The maximum absolute atomic E-state index is 13.6. The smallest absolute Gasteiger partial charge is 0.279 e. The molecule has 1 fully saturated rings. The van der Waals surface area contributed by atoms with Crippen molar-refractivity contribution in [1.29, 1.82) is 0 Å². The molecule has 25 heavy (non-hydrogen) atoms. The van der Waals surface area contributed by atoms with Gasteiger partial charge in [0.1, 0.15) is 0 Å². The molecule has 0 saturated carbocycles. The van der Waals surface area contributed by atoms with Gasteiger partial charge in [-0.05, 0) is 18.2 Å². The predicted octanol–water partition coefficient (Wildman–Crippen LogP) is 0.238. The van der Waals surface area contributed by atoms with E-state index in [0.717, 1.165) is 17.0 Å². The average molecular weight is 352 g/mol. The fraction of sp³-hybridized carbons (Fsp3) is 0.312. The molecule has 1 aliphatic rings. The number of aromatic nitrogens is 2. The van der Waals surface area contributed by atoms with Gasteiger partial charge in [0, 0.05) is 12.4 Å². The largest absolute Gasteiger partial charge is 0.330 e. The van der Waals surface area contributed by atoms with Crippen LogP contribution in [0.25, 0.3) is 0 Å². The third kappa shape index (κ3) is 4.05. The second kappa shape index (κ2) is 7.47. The van der Waals surface area contributed by atoms with Gasteiger partial charge in [0.05, 0.1) is 31.9 Å². The molecule has 0 bridgehead atoms. The van der Waals surface area contributed by atoms with Crippen LogP contribution in [0.3, 0.4) is 0 Å². The number of amides is 1. The molecule has 0 unspecified atom stereocenters. The van der Waals surface area contributed by atoms with E-state index in [2.05, 4.69) is 15.3 Å². The fourth-order valence-electron chi connectivity index (χ4n) is 2.70. The standard InChI is InChI=1S/C16H16F3N5O/c17-11-2-3-12(15(19)14(11)18)22-13(25)10-23-6-8-24(9-7-23)16-20-4-1-5-21-16/h1-5H,6-10H2,(H,22,25)/p+1.